The van der Waals surface area contributed by atoms with Crippen molar-refractivity contribution in [2.75, 3.05) is 6.54 Å². The monoisotopic (exact) mass is 368 g/mol. The Hall–Kier alpha value is -2.41. The average molecular weight is 368 g/mol. The summed E-state index contributed by atoms with van der Waals surface area (Å²) in [5.41, 5.74) is 1.11. The number of aromatic nitrogens is 2. The summed E-state index contributed by atoms with van der Waals surface area (Å²) in [6.45, 7) is 0.661. The first-order valence-electron chi connectivity index (χ1n) is 8.79. The molecule has 2 saturated heterocycles. The number of imide groups is 1. The molecule has 1 aromatic heterocycles. The van der Waals surface area contributed by atoms with Gasteiger partial charge in [0, 0.05) is 25.4 Å². The Morgan fingerprint density at radius 1 is 1.15 bits per heavy atom. The van der Waals surface area contributed by atoms with Crippen molar-refractivity contribution in [2.24, 2.45) is 0 Å². The zero-order valence-electron chi connectivity index (χ0n) is 14.2. The first-order chi connectivity index (χ1) is 12.7. The number of likely N-dealkylation sites (tertiary alicyclic amines) is 2. The Labute approximate surface area is 157 Å². The van der Waals surface area contributed by atoms with Gasteiger partial charge in [-0.3, -0.25) is 9.69 Å². The van der Waals surface area contributed by atoms with Crippen LogP contribution in [0.2, 0.25) is 0 Å². The van der Waals surface area contributed by atoms with Crippen LogP contribution in [0.25, 0.3) is 0 Å². The van der Waals surface area contributed by atoms with E-state index in [0.717, 1.165) is 18.4 Å². The number of carbonyl (C=O) groups excluding carboxylic acids is 2. The zero-order valence-corrected chi connectivity index (χ0v) is 15.1. The second kappa shape index (κ2) is 7.07. The highest BCUT2D eigenvalue weighted by Crippen LogP contribution is 2.38. The van der Waals surface area contributed by atoms with Crippen LogP contribution in [0.4, 0.5) is 4.79 Å². The number of benzene rings is 1. The maximum Gasteiger partial charge on any atom is 0.327 e. The number of carbonyl (C=O) groups is 2. The molecule has 7 heteroatoms. The molecule has 3 atom stereocenters. The molecule has 26 heavy (non-hydrogen) atoms. The van der Waals surface area contributed by atoms with Crippen LogP contribution in [0.5, 0.6) is 0 Å². The second-order valence-electron chi connectivity index (χ2n) is 6.63. The molecule has 2 aromatic rings. The van der Waals surface area contributed by atoms with Crippen molar-refractivity contribution in [1.82, 2.24) is 19.8 Å². The first kappa shape index (κ1) is 17.0. The maximum atomic E-state index is 13.1. The topological polar surface area (TPSA) is 66.4 Å². The lowest BCUT2D eigenvalue weighted by atomic mass is 9.97. The molecule has 0 bridgehead atoms. The molecular weight excluding hydrogens is 348 g/mol. The van der Waals surface area contributed by atoms with Gasteiger partial charge in [0.2, 0.25) is 5.91 Å². The van der Waals surface area contributed by atoms with Crippen molar-refractivity contribution < 1.29 is 9.59 Å². The van der Waals surface area contributed by atoms with Gasteiger partial charge in [0.25, 0.3) is 0 Å². The minimum absolute atomic E-state index is 0.0177. The van der Waals surface area contributed by atoms with E-state index in [-0.39, 0.29) is 29.3 Å². The number of nitrogens with zero attached hydrogens (tertiary/aromatic N) is 4. The van der Waals surface area contributed by atoms with Crippen LogP contribution < -0.4 is 0 Å². The van der Waals surface area contributed by atoms with E-state index in [9.17, 15) is 9.59 Å². The van der Waals surface area contributed by atoms with Gasteiger partial charge in [-0.1, -0.05) is 30.3 Å². The quantitative estimate of drug-likeness (QED) is 0.668. The Balaban J connectivity index is 1.54. The van der Waals surface area contributed by atoms with E-state index >= 15 is 0 Å². The van der Waals surface area contributed by atoms with Gasteiger partial charge in [0.1, 0.15) is 5.82 Å². The van der Waals surface area contributed by atoms with Crippen molar-refractivity contribution >= 4 is 24.6 Å². The fourth-order valence-electron chi connectivity index (χ4n) is 3.73. The molecule has 3 heterocycles. The van der Waals surface area contributed by atoms with Crippen LogP contribution in [0.1, 0.15) is 41.9 Å². The van der Waals surface area contributed by atoms with Crippen LogP contribution in [0, 0.1) is 0 Å². The van der Waals surface area contributed by atoms with Gasteiger partial charge < -0.3 is 4.90 Å². The first-order valence-corrected chi connectivity index (χ1v) is 9.31. The summed E-state index contributed by atoms with van der Waals surface area (Å²) in [7, 11) is 0. The highest BCUT2D eigenvalue weighted by molar-refractivity contribution is 7.80. The van der Waals surface area contributed by atoms with Crippen molar-refractivity contribution in [3.8, 4) is 0 Å². The zero-order chi connectivity index (χ0) is 18.1. The Morgan fingerprint density at radius 2 is 1.88 bits per heavy atom. The highest BCUT2D eigenvalue weighted by atomic mass is 32.1. The molecule has 0 radical (unpaired) electrons. The lowest BCUT2D eigenvalue weighted by Gasteiger charge is -2.43. The molecule has 0 aliphatic carbocycles. The van der Waals surface area contributed by atoms with Gasteiger partial charge in [0.05, 0.1) is 17.3 Å². The summed E-state index contributed by atoms with van der Waals surface area (Å²) in [6.07, 6.45) is 5.43. The summed E-state index contributed by atoms with van der Waals surface area (Å²) in [5, 5.41) is -0.379. The number of rotatable bonds is 3. The molecule has 1 unspecified atom stereocenters. The molecule has 2 aliphatic rings. The number of urea groups is 1. The van der Waals surface area contributed by atoms with E-state index in [1.54, 1.807) is 18.5 Å². The summed E-state index contributed by atoms with van der Waals surface area (Å²) in [4.78, 5) is 36.9. The van der Waals surface area contributed by atoms with E-state index in [1.807, 2.05) is 35.2 Å². The van der Waals surface area contributed by atoms with Gasteiger partial charge in [0.15, 0.2) is 0 Å². The van der Waals surface area contributed by atoms with E-state index in [1.165, 1.54) is 4.90 Å². The van der Waals surface area contributed by atoms with Crippen LogP contribution >= 0.6 is 12.6 Å². The van der Waals surface area contributed by atoms with Gasteiger partial charge in [-0.15, -0.1) is 0 Å². The molecule has 0 spiro atoms. The van der Waals surface area contributed by atoms with Crippen molar-refractivity contribution in [3.05, 3.63) is 60.2 Å². The number of hydrogen-bond donors (Lipinski definition) is 1. The predicted octanol–water partition coefficient (Wildman–Crippen LogP) is 3.01. The van der Waals surface area contributed by atoms with Gasteiger partial charge >= 0.3 is 6.03 Å². The third-order valence-corrected chi connectivity index (χ3v) is 5.66. The lowest BCUT2D eigenvalue weighted by Crippen LogP contribution is -2.60. The van der Waals surface area contributed by atoms with Crippen LogP contribution in [0.15, 0.2) is 48.8 Å². The molecule has 2 fully saturated rings. The van der Waals surface area contributed by atoms with Gasteiger partial charge in [-0.05, 0) is 24.5 Å². The number of thiol groups is 1. The second-order valence-corrected chi connectivity index (χ2v) is 7.19. The van der Waals surface area contributed by atoms with Crippen LogP contribution in [-0.4, -0.2) is 44.3 Å². The largest absolute Gasteiger partial charge is 0.327 e. The Bertz CT molecular complexity index is 802. The van der Waals surface area contributed by atoms with E-state index < -0.39 is 0 Å². The molecule has 134 valence electrons. The summed E-state index contributed by atoms with van der Waals surface area (Å²) >= 11 is 4.59. The fraction of sp³-hybridized carbons (Fsp3) is 0.368. The standard InChI is InChI=1S/C19H20N4O2S/c24-16-12-15(17(26)18-20-9-5-10-21-18)23(16)19(25)22-11-4-8-14(22)13-6-2-1-3-7-13/h1-3,5-7,9-10,14-15,17,26H,4,8,11-12H2/t14-,15+,17?/m0/s1. The number of amides is 3. The van der Waals surface area contributed by atoms with E-state index in [2.05, 4.69) is 22.6 Å². The smallest absolute Gasteiger partial charge is 0.317 e. The van der Waals surface area contributed by atoms with Gasteiger partial charge in [-0.2, -0.15) is 12.6 Å². The molecular formula is C19H20N4O2S. The maximum absolute atomic E-state index is 13.1. The third-order valence-electron chi connectivity index (χ3n) is 5.09. The molecule has 0 N–H and O–H groups in total. The van der Waals surface area contributed by atoms with Crippen molar-refractivity contribution in [3.63, 3.8) is 0 Å². The molecule has 6 nitrogen and oxygen atoms in total. The lowest BCUT2D eigenvalue weighted by molar-refractivity contribution is -0.141. The molecule has 4 rings (SSSR count). The third kappa shape index (κ3) is 2.96. The van der Waals surface area contributed by atoms with Gasteiger partial charge in [-0.25, -0.2) is 14.8 Å². The van der Waals surface area contributed by atoms with E-state index in [0.29, 0.717) is 18.8 Å². The predicted molar refractivity (Wildman–Crippen MR) is 99.5 cm³/mol. The Kier molecular flexibility index (Phi) is 4.63. The summed E-state index contributed by atoms with van der Waals surface area (Å²) in [6, 6.07) is 11.2. The SMILES string of the molecule is O=C1C[C@H](C(S)c2ncccn2)N1C(=O)N1CCC[C@H]1c1ccccc1. The highest BCUT2D eigenvalue weighted by Gasteiger charge is 2.48. The van der Waals surface area contributed by atoms with Crippen molar-refractivity contribution in [1.29, 1.82) is 0 Å². The fourth-order valence-corrected chi connectivity index (χ4v) is 4.11. The summed E-state index contributed by atoms with van der Waals surface area (Å²) in [5.74, 6) is 0.376. The average Bonchev–Trinajstić information content (AvgIpc) is 3.17. The molecule has 3 amide bonds. The van der Waals surface area contributed by atoms with E-state index in [4.69, 9.17) is 0 Å². The normalized spacial score (nSPS) is 23.7. The molecule has 0 saturated carbocycles. The minimum atomic E-state index is -0.379. The van der Waals surface area contributed by atoms with Crippen molar-refractivity contribution in [2.45, 2.75) is 36.6 Å². The minimum Gasteiger partial charge on any atom is -0.317 e. The Morgan fingerprint density at radius 3 is 2.58 bits per heavy atom. The van der Waals surface area contributed by atoms with Crippen LogP contribution in [0.3, 0.4) is 0 Å². The number of hydrogen-bond acceptors (Lipinski definition) is 5. The number of β-lactam (4-membered cyclic amide) rings is 1. The summed E-state index contributed by atoms with van der Waals surface area (Å²) < 4.78 is 0. The van der Waals surface area contributed by atoms with Crippen LogP contribution in [-0.2, 0) is 4.79 Å². The molecule has 2 aliphatic heterocycles. The molecule has 1 aromatic carbocycles.